The first kappa shape index (κ1) is 23.6. The molecular weight excluding hydrogens is 407 g/mol. The molecule has 1 aliphatic rings. The lowest BCUT2D eigenvalue weighted by molar-refractivity contribution is -0.139. The molecule has 1 heterocycles. The molecule has 0 atom stereocenters. The molecule has 0 unspecified atom stereocenters. The Morgan fingerprint density at radius 2 is 1.34 bits per heavy atom. The fourth-order valence-electron chi connectivity index (χ4n) is 3.57. The third-order valence-corrected chi connectivity index (χ3v) is 7.89. The van der Waals surface area contributed by atoms with Crippen LogP contribution in [0.25, 0.3) is 0 Å². The molecule has 1 N–H and O–H groups in total. The minimum absolute atomic E-state index is 0.180. The van der Waals surface area contributed by atoms with Crippen molar-refractivity contribution in [1.82, 2.24) is 14.5 Å². The summed E-state index contributed by atoms with van der Waals surface area (Å²) in [5.41, 5.74) is 4.45. The van der Waals surface area contributed by atoms with E-state index in [1.807, 2.05) is 39.9 Å². The van der Waals surface area contributed by atoms with Gasteiger partial charge in [0.1, 0.15) is 6.54 Å². The summed E-state index contributed by atoms with van der Waals surface area (Å²) in [6, 6.07) is 0. The second kappa shape index (κ2) is 8.61. The monoisotopic (exact) mass is 435 g/mol. The maximum absolute atomic E-state index is 13.3. The molecule has 164 valence electrons. The minimum atomic E-state index is -4.46. The Hall–Kier alpha value is -1.65. The molecule has 1 aromatic rings. The van der Waals surface area contributed by atoms with Crippen molar-refractivity contribution in [3.63, 3.8) is 0 Å². The van der Waals surface area contributed by atoms with Crippen LogP contribution >= 0.6 is 0 Å². The van der Waals surface area contributed by atoms with Crippen LogP contribution in [-0.2, 0) is 14.8 Å². The van der Waals surface area contributed by atoms with E-state index in [9.17, 15) is 26.4 Å². The minimum Gasteiger partial charge on any atom is -0.346 e. The van der Waals surface area contributed by atoms with Crippen molar-refractivity contribution in [2.45, 2.75) is 45.7 Å². The Bertz CT molecular complexity index is 861. The van der Waals surface area contributed by atoms with Crippen LogP contribution in [-0.4, -0.2) is 69.0 Å². The van der Waals surface area contributed by atoms with Gasteiger partial charge in [0.25, 0.3) is 0 Å². The molecule has 1 amide bonds. The van der Waals surface area contributed by atoms with E-state index in [0.29, 0.717) is 4.90 Å². The lowest BCUT2D eigenvalue weighted by atomic mass is 9.95. The van der Waals surface area contributed by atoms with E-state index < -0.39 is 28.7 Å². The third kappa shape index (κ3) is 5.29. The van der Waals surface area contributed by atoms with E-state index in [-0.39, 0.29) is 32.7 Å². The summed E-state index contributed by atoms with van der Waals surface area (Å²) in [4.78, 5) is 13.7. The second-order valence-corrected chi connectivity index (χ2v) is 9.40. The number of halogens is 3. The van der Waals surface area contributed by atoms with E-state index in [4.69, 9.17) is 0 Å². The molecular formula is C19H28F3N3O3S. The fourth-order valence-corrected chi connectivity index (χ4v) is 5.55. The van der Waals surface area contributed by atoms with E-state index in [0.717, 1.165) is 27.8 Å². The van der Waals surface area contributed by atoms with Crippen molar-refractivity contribution in [2.75, 3.05) is 39.3 Å². The zero-order chi connectivity index (χ0) is 22.1. The molecule has 1 aromatic carbocycles. The van der Waals surface area contributed by atoms with Crippen molar-refractivity contribution < 1.29 is 26.4 Å². The predicted molar refractivity (Wildman–Crippen MR) is 104 cm³/mol. The first-order valence-corrected chi connectivity index (χ1v) is 10.8. The lowest BCUT2D eigenvalue weighted by Gasteiger charge is -2.34. The van der Waals surface area contributed by atoms with E-state index in [1.54, 1.807) is 4.90 Å². The molecule has 0 spiro atoms. The first-order valence-electron chi connectivity index (χ1n) is 9.38. The molecule has 1 saturated heterocycles. The molecule has 1 fully saturated rings. The number of alkyl halides is 3. The second-order valence-electron chi connectivity index (χ2n) is 7.53. The maximum atomic E-state index is 13.3. The molecule has 0 aromatic heterocycles. The Balaban J connectivity index is 2.09. The summed E-state index contributed by atoms with van der Waals surface area (Å²) in [5.74, 6) is -0.727. The summed E-state index contributed by atoms with van der Waals surface area (Å²) < 4.78 is 64.5. The summed E-state index contributed by atoms with van der Waals surface area (Å²) >= 11 is 0. The number of piperazine rings is 1. The number of benzene rings is 1. The largest absolute Gasteiger partial charge is 0.405 e. The van der Waals surface area contributed by atoms with Crippen LogP contribution < -0.4 is 5.32 Å². The quantitative estimate of drug-likeness (QED) is 0.770. The van der Waals surface area contributed by atoms with E-state index >= 15 is 0 Å². The number of rotatable bonds is 5. The van der Waals surface area contributed by atoms with Crippen molar-refractivity contribution in [2.24, 2.45) is 0 Å². The van der Waals surface area contributed by atoms with Crippen molar-refractivity contribution in [1.29, 1.82) is 0 Å². The smallest absolute Gasteiger partial charge is 0.346 e. The Morgan fingerprint density at radius 3 is 1.79 bits per heavy atom. The molecule has 1 aliphatic heterocycles. The van der Waals surface area contributed by atoms with Gasteiger partial charge in [-0.3, -0.25) is 9.69 Å². The zero-order valence-corrected chi connectivity index (χ0v) is 18.2. The van der Waals surface area contributed by atoms with Gasteiger partial charge in [-0.15, -0.1) is 0 Å². The maximum Gasteiger partial charge on any atom is 0.405 e. The average molecular weight is 436 g/mol. The number of hydrogen-bond donors (Lipinski definition) is 1. The van der Waals surface area contributed by atoms with Crippen molar-refractivity contribution >= 4 is 15.9 Å². The van der Waals surface area contributed by atoms with Crippen LogP contribution in [0.1, 0.15) is 27.8 Å². The topological polar surface area (TPSA) is 69.7 Å². The Kier molecular flexibility index (Phi) is 7.01. The number of sulfonamides is 1. The summed E-state index contributed by atoms with van der Waals surface area (Å²) in [6.07, 6.45) is -4.46. The van der Waals surface area contributed by atoms with Crippen LogP contribution in [0.3, 0.4) is 0 Å². The molecule has 6 nitrogen and oxygen atoms in total. The number of nitrogens with zero attached hydrogens (tertiary/aromatic N) is 2. The summed E-state index contributed by atoms with van der Waals surface area (Å²) in [6.45, 7) is 8.77. The van der Waals surface area contributed by atoms with Crippen molar-refractivity contribution in [3.8, 4) is 0 Å². The van der Waals surface area contributed by atoms with E-state index in [2.05, 4.69) is 0 Å². The number of nitrogens with one attached hydrogen (secondary N) is 1. The van der Waals surface area contributed by atoms with Crippen molar-refractivity contribution in [3.05, 3.63) is 27.8 Å². The fraction of sp³-hybridized carbons (Fsp3) is 0.632. The van der Waals surface area contributed by atoms with Gasteiger partial charge in [-0.05, 0) is 62.4 Å². The molecule has 0 bridgehead atoms. The highest BCUT2D eigenvalue weighted by atomic mass is 32.2. The SMILES string of the molecule is Cc1c(C)c(C)c(S(=O)(=O)N2CCN(CC(=O)NCC(F)(F)F)CC2)c(C)c1C. The van der Waals surface area contributed by atoms with Crippen LogP contribution in [0.15, 0.2) is 4.90 Å². The highest BCUT2D eigenvalue weighted by molar-refractivity contribution is 7.89. The molecule has 0 saturated carbocycles. The summed E-state index contributed by atoms with van der Waals surface area (Å²) in [5, 5.41) is 1.83. The summed E-state index contributed by atoms with van der Waals surface area (Å²) in [7, 11) is -3.71. The highest BCUT2D eigenvalue weighted by Gasteiger charge is 2.33. The van der Waals surface area contributed by atoms with Gasteiger partial charge in [0.2, 0.25) is 15.9 Å². The predicted octanol–water partition coefficient (Wildman–Crippen LogP) is 2.21. The van der Waals surface area contributed by atoms with Gasteiger partial charge in [-0.25, -0.2) is 8.42 Å². The van der Waals surface area contributed by atoms with Crippen LogP contribution in [0.2, 0.25) is 0 Å². The van der Waals surface area contributed by atoms with Crippen LogP contribution in [0, 0.1) is 34.6 Å². The zero-order valence-electron chi connectivity index (χ0n) is 17.4. The normalized spacial score (nSPS) is 16.8. The van der Waals surface area contributed by atoms with E-state index in [1.165, 1.54) is 4.31 Å². The van der Waals surface area contributed by atoms with Crippen LogP contribution in [0.5, 0.6) is 0 Å². The van der Waals surface area contributed by atoms with Gasteiger partial charge in [0.05, 0.1) is 11.4 Å². The number of amides is 1. The van der Waals surface area contributed by atoms with Gasteiger partial charge >= 0.3 is 6.18 Å². The number of carbonyl (C=O) groups excluding carboxylic acids is 1. The number of hydrogen-bond acceptors (Lipinski definition) is 4. The Labute approximate surface area is 170 Å². The molecule has 29 heavy (non-hydrogen) atoms. The van der Waals surface area contributed by atoms with Gasteiger partial charge < -0.3 is 5.32 Å². The molecule has 0 aliphatic carbocycles. The number of carbonyl (C=O) groups is 1. The molecule has 0 radical (unpaired) electrons. The molecule has 2 rings (SSSR count). The molecule has 10 heteroatoms. The third-order valence-electron chi connectivity index (χ3n) is 5.71. The first-order chi connectivity index (χ1) is 13.3. The van der Waals surface area contributed by atoms with Gasteiger partial charge in [-0.2, -0.15) is 17.5 Å². The lowest BCUT2D eigenvalue weighted by Crippen LogP contribution is -2.51. The van der Waals surface area contributed by atoms with Gasteiger partial charge in [-0.1, -0.05) is 0 Å². The standard InChI is InChI=1S/C19H28F3N3O3S/c1-12-13(2)15(4)18(16(5)14(12)3)29(27,28)25-8-6-24(7-9-25)10-17(26)23-11-19(20,21)22/h6-11H2,1-5H3,(H,23,26). The average Bonchev–Trinajstić information content (AvgIpc) is 2.63. The van der Waals surface area contributed by atoms with Gasteiger partial charge in [0, 0.05) is 26.2 Å². The van der Waals surface area contributed by atoms with Crippen LogP contribution in [0.4, 0.5) is 13.2 Å². The highest BCUT2D eigenvalue weighted by Crippen LogP contribution is 2.31. The Morgan fingerprint density at radius 1 is 0.897 bits per heavy atom. The van der Waals surface area contributed by atoms with Gasteiger partial charge in [0.15, 0.2) is 0 Å².